The Morgan fingerprint density at radius 3 is 2.60 bits per heavy atom. The summed E-state index contributed by atoms with van der Waals surface area (Å²) in [4.78, 5) is 26.2. The minimum atomic E-state index is -0.966. The first-order valence-corrected chi connectivity index (χ1v) is 6.54. The largest absolute Gasteiger partial charge is 0.479 e. The smallest absolute Gasteiger partial charge is 0.414 e. The summed E-state index contributed by atoms with van der Waals surface area (Å²) in [6.45, 7) is 6.43. The van der Waals surface area contributed by atoms with E-state index in [2.05, 4.69) is 0 Å². The van der Waals surface area contributed by atoms with E-state index >= 15 is 0 Å². The van der Waals surface area contributed by atoms with Crippen molar-refractivity contribution in [3.63, 3.8) is 0 Å². The highest BCUT2D eigenvalue weighted by atomic mass is 16.6. The number of nitrogens with zero attached hydrogens (tertiary/aromatic N) is 2. The minimum absolute atomic E-state index is 0.0388. The maximum atomic E-state index is 12.0. The zero-order valence-corrected chi connectivity index (χ0v) is 11.9. The van der Waals surface area contributed by atoms with Crippen molar-refractivity contribution in [3.05, 3.63) is 12.4 Å². The fourth-order valence-corrected chi connectivity index (χ4v) is 2.12. The number of amides is 1. The molecule has 7 heteroatoms. The summed E-state index contributed by atoms with van der Waals surface area (Å²) in [7, 11) is 0. The molecule has 2 aliphatic heterocycles. The van der Waals surface area contributed by atoms with Crippen molar-refractivity contribution >= 4 is 12.1 Å². The second kappa shape index (κ2) is 5.32. The molecule has 0 bridgehead atoms. The molecule has 0 aliphatic carbocycles. The number of carboxylic acid groups (broad SMARTS) is 1. The van der Waals surface area contributed by atoms with Crippen molar-refractivity contribution in [2.45, 2.75) is 38.5 Å². The zero-order chi connectivity index (χ0) is 14.9. The number of fused-ring (bicyclic) bond motifs is 1. The van der Waals surface area contributed by atoms with Gasteiger partial charge in [-0.05, 0) is 20.8 Å². The summed E-state index contributed by atoms with van der Waals surface area (Å²) in [5, 5.41) is 8.94. The molecule has 7 nitrogen and oxygen atoms in total. The van der Waals surface area contributed by atoms with E-state index in [1.807, 2.05) is 25.7 Å². The molecular weight excluding hydrogens is 264 g/mol. The lowest BCUT2D eigenvalue weighted by Crippen LogP contribution is -2.56. The Morgan fingerprint density at radius 1 is 1.30 bits per heavy atom. The lowest BCUT2D eigenvalue weighted by molar-refractivity contribution is -0.158. The first-order chi connectivity index (χ1) is 9.26. The molecule has 20 heavy (non-hydrogen) atoms. The number of hydrogen-bond acceptors (Lipinski definition) is 5. The van der Waals surface area contributed by atoms with Gasteiger partial charge in [0.25, 0.3) is 0 Å². The van der Waals surface area contributed by atoms with Crippen LogP contribution in [0.5, 0.6) is 0 Å². The molecule has 2 rings (SSSR count). The third-order valence-corrected chi connectivity index (χ3v) is 3.08. The van der Waals surface area contributed by atoms with Gasteiger partial charge in [-0.2, -0.15) is 0 Å². The SMILES string of the molecule is CC(C)(C)OC(=O)N1C=CN2CC(C(=O)O)OCC2C1. The number of carbonyl (C=O) groups is 2. The lowest BCUT2D eigenvalue weighted by Gasteiger charge is -2.42. The Balaban J connectivity index is 1.98. The molecule has 0 aromatic heterocycles. The normalized spacial score (nSPS) is 26.1. The molecule has 1 amide bonds. The zero-order valence-electron chi connectivity index (χ0n) is 11.9. The van der Waals surface area contributed by atoms with E-state index in [-0.39, 0.29) is 12.6 Å². The molecule has 1 N–H and O–H groups in total. The number of morpholine rings is 1. The fourth-order valence-electron chi connectivity index (χ4n) is 2.12. The maximum Gasteiger partial charge on any atom is 0.414 e. The average molecular weight is 284 g/mol. The topological polar surface area (TPSA) is 79.3 Å². The van der Waals surface area contributed by atoms with Crippen LogP contribution in [0.25, 0.3) is 0 Å². The van der Waals surface area contributed by atoms with Gasteiger partial charge in [-0.25, -0.2) is 9.59 Å². The third-order valence-electron chi connectivity index (χ3n) is 3.08. The van der Waals surface area contributed by atoms with E-state index in [1.165, 1.54) is 4.90 Å². The molecular formula is C13H20N2O5. The van der Waals surface area contributed by atoms with Crippen molar-refractivity contribution in [1.82, 2.24) is 9.80 Å². The molecule has 1 saturated heterocycles. The highest BCUT2D eigenvalue weighted by Gasteiger charge is 2.35. The van der Waals surface area contributed by atoms with Crippen molar-refractivity contribution < 1.29 is 24.2 Å². The van der Waals surface area contributed by atoms with Gasteiger partial charge in [-0.1, -0.05) is 0 Å². The second-order valence-electron chi connectivity index (χ2n) is 5.94. The molecule has 0 saturated carbocycles. The van der Waals surface area contributed by atoms with Crippen molar-refractivity contribution in [2.75, 3.05) is 19.7 Å². The molecule has 2 heterocycles. The summed E-state index contributed by atoms with van der Waals surface area (Å²) in [6, 6.07) is -0.0388. The van der Waals surface area contributed by atoms with E-state index in [0.717, 1.165) is 0 Å². The summed E-state index contributed by atoms with van der Waals surface area (Å²) >= 11 is 0. The quantitative estimate of drug-likeness (QED) is 0.769. The van der Waals surface area contributed by atoms with E-state index in [9.17, 15) is 9.59 Å². The molecule has 112 valence electrons. The molecule has 2 atom stereocenters. The highest BCUT2D eigenvalue weighted by Crippen LogP contribution is 2.20. The number of aliphatic carboxylic acids is 1. The fraction of sp³-hybridized carbons (Fsp3) is 0.692. The average Bonchev–Trinajstić information content (AvgIpc) is 2.35. The lowest BCUT2D eigenvalue weighted by atomic mass is 10.1. The van der Waals surface area contributed by atoms with Crippen LogP contribution in [-0.4, -0.2) is 64.4 Å². The molecule has 0 spiro atoms. The number of rotatable bonds is 1. The molecule has 2 unspecified atom stereocenters. The maximum absolute atomic E-state index is 12.0. The van der Waals surface area contributed by atoms with Crippen LogP contribution in [0.2, 0.25) is 0 Å². The van der Waals surface area contributed by atoms with Gasteiger partial charge in [-0.3, -0.25) is 4.90 Å². The highest BCUT2D eigenvalue weighted by molar-refractivity contribution is 5.73. The third kappa shape index (κ3) is 3.41. The van der Waals surface area contributed by atoms with E-state index in [0.29, 0.717) is 13.1 Å². The van der Waals surface area contributed by atoms with Gasteiger partial charge in [0.05, 0.1) is 25.7 Å². The van der Waals surface area contributed by atoms with Gasteiger partial charge in [0.1, 0.15) is 5.60 Å². The predicted octanol–water partition coefficient (Wildman–Crippen LogP) is 0.862. The summed E-state index contributed by atoms with van der Waals surface area (Å²) in [5.41, 5.74) is -0.542. The van der Waals surface area contributed by atoms with Gasteiger partial charge in [0, 0.05) is 12.4 Å². The Hall–Kier alpha value is -1.76. The van der Waals surface area contributed by atoms with Crippen LogP contribution in [0.15, 0.2) is 12.4 Å². The Bertz CT molecular complexity index is 429. The van der Waals surface area contributed by atoms with Crippen LogP contribution in [0.3, 0.4) is 0 Å². The van der Waals surface area contributed by atoms with Gasteiger partial charge in [-0.15, -0.1) is 0 Å². The van der Waals surface area contributed by atoms with Crippen LogP contribution < -0.4 is 0 Å². The second-order valence-corrected chi connectivity index (χ2v) is 5.94. The molecule has 0 aromatic carbocycles. The van der Waals surface area contributed by atoms with Crippen molar-refractivity contribution in [3.8, 4) is 0 Å². The molecule has 0 aromatic rings. The van der Waals surface area contributed by atoms with Crippen LogP contribution >= 0.6 is 0 Å². The first kappa shape index (κ1) is 14.6. The van der Waals surface area contributed by atoms with E-state index in [4.69, 9.17) is 14.6 Å². The van der Waals surface area contributed by atoms with Gasteiger partial charge in [0.15, 0.2) is 6.10 Å². The number of carboxylic acids is 1. The van der Waals surface area contributed by atoms with Gasteiger partial charge in [0.2, 0.25) is 0 Å². The van der Waals surface area contributed by atoms with Crippen LogP contribution in [0, 0.1) is 0 Å². The summed E-state index contributed by atoms with van der Waals surface area (Å²) < 4.78 is 10.6. The van der Waals surface area contributed by atoms with E-state index < -0.39 is 23.8 Å². The van der Waals surface area contributed by atoms with E-state index in [1.54, 1.807) is 12.4 Å². The number of hydrogen-bond donors (Lipinski definition) is 1. The van der Waals surface area contributed by atoms with Crippen LogP contribution in [0.4, 0.5) is 4.79 Å². The minimum Gasteiger partial charge on any atom is -0.479 e. The van der Waals surface area contributed by atoms with Crippen LogP contribution in [0.1, 0.15) is 20.8 Å². The van der Waals surface area contributed by atoms with Crippen molar-refractivity contribution in [2.24, 2.45) is 0 Å². The number of ether oxygens (including phenoxy) is 2. The Kier molecular flexibility index (Phi) is 3.89. The molecule has 1 fully saturated rings. The summed E-state index contributed by atoms with van der Waals surface area (Å²) in [5.74, 6) is -0.966. The standard InChI is InChI=1S/C13H20N2O5/c1-13(2,3)20-12(18)15-5-4-14-7-10(11(16)17)19-8-9(14)6-15/h4-5,9-10H,6-8H2,1-3H3,(H,16,17). The Labute approximate surface area is 117 Å². The first-order valence-electron chi connectivity index (χ1n) is 6.54. The predicted molar refractivity (Wildman–Crippen MR) is 69.9 cm³/mol. The summed E-state index contributed by atoms with van der Waals surface area (Å²) in [6.07, 6.45) is 2.11. The molecule has 0 radical (unpaired) electrons. The van der Waals surface area contributed by atoms with Crippen molar-refractivity contribution in [1.29, 1.82) is 0 Å². The van der Waals surface area contributed by atoms with Crippen LogP contribution in [-0.2, 0) is 14.3 Å². The Morgan fingerprint density at radius 2 is 2.00 bits per heavy atom. The van der Waals surface area contributed by atoms with Gasteiger partial charge < -0.3 is 19.5 Å². The number of carbonyl (C=O) groups excluding carboxylic acids is 1. The monoisotopic (exact) mass is 284 g/mol. The van der Waals surface area contributed by atoms with Gasteiger partial charge >= 0.3 is 12.1 Å². The molecule has 2 aliphatic rings.